The Labute approximate surface area is 124 Å². The zero-order chi connectivity index (χ0) is 14.8. The lowest BCUT2D eigenvalue weighted by atomic mass is 9.99. The Kier molecular flexibility index (Phi) is 3.60. The number of aromatic nitrogens is 1. The highest BCUT2D eigenvalue weighted by Crippen LogP contribution is 2.30. The Morgan fingerprint density at radius 3 is 3.00 bits per heavy atom. The van der Waals surface area contributed by atoms with Crippen molar-refractivity contribution in [1.29, 1.82) is 0 Å². The van der Waals surface area contributed by atoms with Gasteiger partial charge in [0.2, 0.25) is 0 Å². The van der Waals surface area contributed by atoms with E-state index >= 15 is 0 Å². The molecular formula is C17H19N3O. The number of benzene rings is 1. The lowest BCUT2D eigenvalue weighted by Gasteiger charge is -2.30. The van der Waals surface area contributed by atoms with Crippen molar-refractivity contribution >= 4 is 17.3 Å². The van der Waals surface area contributed by atoms with E-state index in [2.05, 4.69) is 35.4 Å². The van der Waals surface area contributed by atoms with Crippen LogP contribution in [0.25, 0.3) is 0 Å². The molecule has 0 fully saturated rings. The Morgan fingerprint density at radius 1 is 1.33 bits per heavy atom. The highest BCUT2D eigenvalue weighted by Gasteiger charge is 2.25. The SMILES string of the molecule is CNc1cnccc1C(=O)N1CCCc2cc(C)ccc21. The first kappa shape index (κ1) is 13.6. The number of carbonyl (C=O) groups excluding carboxylic acids is 1. The van der Waals surface area contributed by atoms with Crippen LogP contribution in [0.4, 0.5) is 11.4 Å². The van der Waals surface area contributed by atoms with E-state index < -0.39 is 0 Å². The van der Waals surface area contributed by atoms with Crippen molar-refractivity contribution in [3.8, 4) is 0 Å². The van der Waals surface area contributed by atoms with Crippen LogP contribution in [0.5, 0.6) is 0 Å². The number of pyridine rings is 1. The van der Waals surface area contributed by atoms with Crippen molar-refractivity contribution in [3.63, 3.8) is 0 Å². The summed E-state index contributed by atoms with van der Waals surface area (Å²) < 4.78 is 0. The van der Waals surface area contributed by atoms with Gasteiger partial charge < -0.3 is 10.2 Å². The minimum Gasteiger partial charge on any atom is -0.386 e. The number of carbonyl (C=O) groups is 1. The van der Waals surface area contributed by atoms with E-state index in [1.165, 1.54) is 11.1 Å². The molecule has 0 radical (unpaired) electrons. The summed E-state index contributed by atoms with van der Waals surface area (Å²) in [5, 5.41) is 3.04. The van der Waals surface area contributed by atoms with Gasteiger partial charge in [0.15, 0.2) is 0 Å². The van der Waals surface area contributed by atoms with E-state index in [4.69, 9.17) is 0 Å². The monoisotopic (exact) mass is 281 g/mol. The Balaban J connectivity index is 2.00. The van der Waals surface area contributed by atoms with Gasteiger partial charge in [-0.25, -0.2) is 0 Å². The van der Waals surface area contributed by atoms with Crippen LogP contribution in [0, 0.1) is 6.92 Å². The normalized spacial score (nSPS) is 13.7. The molecule has 4 nitrogen and oxygen atoms in total. The van der Waals surface area contributed by atoms with Crippen LogP contribution in [-0.4, -0.2) is 24.5 Å². The summed E-state index contributed by atoms with van der Waals surface area (Å²) in [6.45, 7) is 2.85. The lowest BCUT2D eigenvalue weighted by molar-refractivity contribution is 0.0986. The van der Waals surface area contributed by atoms with E-state index in [0.29, 0.717) is 5.56 Å². The molecule has 1 aromatic carbocycles. The van der Waals surface area contributed by atoms with Gasteiger partial charge in [0.1, 0.15) is 0 Å². The third kappa shape index (κ3) is 2.49. The number of anilines is 2. The molecule has 1 amide bonds. The first-order valence-electron chi connectivity index (χ1n) is 7.24. The molecule has 0 unspecified atom stereocenters. The summed E-state index contributed by atoms with van der Waals surface area (Å²) in [6, 6.07) is 8.08. The summed E-state index contributed by atoms with van der Waals surface area (Å²) in [4.78, 5) is 18.8. The molecule has 2 aromatic rings. The molecule has 0 saturated heterocycles. The second-order valence-corrected chi connectivity index (χ2v) is 5.36. The van der Waals surface area contributed by atoms with E-state index in [1.807, 2.05) is 4.90 Å². The first-order valence-corrected chi connectivity index (χ1v) is 7.24. The van der Waals surface area contributed by atoms with E-state index in [1.54, 1.807) is 25.5 Å². The van der Waals surface area contributed by atoms with Crippen molar-refractivity contribution in [3.05, 3.63) is 53.3 Å². The van der Waals surface area contributed by atoms with Gasteiger partial charge in [0.25, 0.3) is 5.91 Å². The fourth-order valence-corrected chi connectivity index (χ4v) is 2.86. The molecule has 0 saturated carbocycles. The van der Waals surface area contributed by atoms with Crippen molar-refractivity contribution in [2.45, 2.75) is 19.8 Å². The van der Waals surface area contributed by atoms with Gasteiger partial charge in [-0.15, -0.1) is 0 Å². The van der Waals surface area contributed by atoms with Gasteiger partial charge in [-0.2, -0.15) is 0 Å². The maximum Gasteiger partial charge on any atom is 0.260 e. The van der Waals surface area contributed by atoms with Crippen LogP contribution >= 0.6 is 0 Å². The molecule has 1 aliphatic heterocycles. The molecule has 0 bridgehead atoms. The maximum atomic E-state index is 12.9. The number of nitrogens with zero attached hydrogens (tertiary/aromatic N) is 2. The average molecular weight is 281 g/mol. The second-order valence-electron chi connectivity index (χ2n) is 5.36. The number of hydrogen-bond acceptors (Lipinski definition) is 3. The third-order valence-corrected chi connectivity index (χ3v) is 3.92. The van der Waals surface area contributed by atoms with E-state index in [0.717, 1.165) is 30.8 Å². The van der Waals surface area contributed by atoms with Crippen LogP contribution in [0.1, 0.15) is 27.9 Å². The number of hydrogen-bond donors (Lipinski definition) is 1. The minimum absolute atomic E-state index is 0.0338. The molecule has 0 spiro atoms. The molecule has 1 aromatic heterocycles. The summed E-state index contributed by atoms with van der Waals surface area (Å²) in [5.41, 5.74) is 4.97. The lowest BCUT2D eigenvalue weighted by Crippen LogP contribution is -2.35. The smallest absolute Gasteiger partial charge is 0.260 e. The van der Waals surface area contributed by atoms with Crippen LogP contribution < -0.4 is 10.2 Å². The summed E-state index contributed by atoms with van der Waals surface area (Å²) in [7, 11) is 1.81. The van der Waals surface area contributed by atoms with Crippen LogP contribution in [-0.2, 0) is 6.42 Å². The van der Waals surface area contributed by atoms with Gasteiger partial charge in [-0.1, -0.05) is 17.7 Å². The van der Waals surface area contributed by atoms with Crippen LogP contribution in [0.3, 0.4) is 0 Å². The van der Waals surface area contributed by atoms with Crippen molar-refractivity contribution in [1.82, 2.24) is 4.98 Å². The zero-order valence-electron chi connectivity index (χ0n) is 12.4. The van der Waals surface area contributed by atoms with Gasteiger partial charge >= 0.3 is 0 Å². The van der Waals surface area contributed by atoms with E-state index in [9.17, 15) is 4.79 Å². The Hall–Kier alpha value is -2.36. The molecule has 1 aliphatic rings. The van der Waals surface area contributed by atoms with E-state index in [-0.39, 0.29) is 5.91 Å². The molecule has 2 heterocycles. The molecule has 0 aliphatic carbocycles. The van der Waals surface area contributed by atoms with Crippen molar-refractivity contribution < 1.29 is 4.79 Å². The topological polar surface area (TPSA) is 45.2 Å². The van der Waals surface area contributed by atoms with Crippen LogP contribution in [0.15, 0.2) is 36.7 Å². The second kappa shape index (κ2) is 5.56. The molecule has 108 valence electrons. The maximum absolute atomic E-state index is 12.9. The molecule has 0 atom stereocenters. The summed E-state index contributed by atoms with van der Waals surface area (Å²) in [6.07, 6.45) is 5.39. The largest absolute Gasteiger partial charge is 0.386 e. The van der Waals surface area contributed by atoms with Crippen LogP contribution in [0.2, 0.25) is 0 Å². The highest BCUT2D eigenvalue weighted by molar-refractivity contribution is 6.10. The number of rotatable bonds is 2. The minimum atomic E-state index is 0.0338. The fourth-order valence-electron chi connectivity index (χ4n) is 2.86. The quantitative estimate of drug-likeness (QED) is 0.920. The average Bonchev–Trinajstić information content (AvgIpc) is 2.53. The first-order chi connectivity index (χ1) is 10.2. The number of fused-ring (bicyclic) bond motifs is 1. The van der Waals surface area contributed by atoms with Gasteiger partial charge in [0.05, 0.1) is 17.4 Å². The standard InChI is InChI=1S/C17H19N3O/c1-12-5-6-16-13(10-12)4-3-9-20(16)17(21)14-7-8-19-11-15(14)18-2/h5-8,10-11,18H,3-4,9H2,1-2H3. The molecule has 3 rings (SSSR count). The molecular weight excluding hydrogens is 262 g/mol. The molecule has 1 N–H and O–H groups in total. The third-order valence-electron chi connectivity index (χ3n) is 3.92. The predicted molar refractivity (Wildman–Crippen MR) is 85.0 cm³/mol. The molecule has 21 heavy (non-hydrogen) atoms. The fraction of sp³-hybridized carbons (Fsp3) is 0.294. The summed E-state index contributed by atoms with van der Waals surface area (Å²) >= 11 is 0. The Morgan fingerprint density at radius 2 is 2.19 bits per heavy atom. The summed E-state index contributed by atoms with van der Waals surface area (Å²) in [5.74, 6) is 0.0338. The molecule has 4 heteroatoms. The predicted octanol–water partition coefficient (Wildman–Crippen LogP) is 3.02. The number of aryl methyl sites for hydroxylation is 2. The number of amides is 1. The van der Waals surface area contributed by atoms with Gasteiger partial charge in [-0.3, -0.25) is 9.78 Å². The van der Waals surface area contributed by atoms with Gasteiger partial charge in [0, 0.05) is 25.5 Å². The van der Waals surface area contributed by atoms with Gasteiger partial charge in [-0.05, 0) is 37.5 Å². The van der Waals surface area contributed by atoms with Crippen molar-refractivity contribution in [2.75, 3.05) is 23.8 Å². The number of nitrogens with one attached hydrogen (secondary N) is 1. The van der Waals surface area contributed by atoms with Crippen molar-refractivity contribution in [2.24, 2.45) is 0 Å². The Bertz CT molecular complexity index is 681. The highest BCUT2D eigenvalue weighted by atomic mass is 16.2. The zero-order valence-corrected chi connectivity index (χ0v) is 12.4.